The molecule has 17 heavy (non-hydrogen) atoms. The molecule has 0 saturated heterocycles. The van der Waals surface area contributed by atoms with Crippen LogP contribution in [-0.4, -0.2) is 29.3 Å². The molecule has 4 heteroatoms. The Labute approximate surface area is 102 Å². The first-order valence-corrected chi connectivity index (χ1v) is 5.93. The van der Waals surface area contributed by atoms with Crippen molar-refractivity contribution < 1.29 is 5.11 Å². The maximum absolute atomic E-state index is 9.23. The minimum absolute atomic E-state index is 0.113. The summed E-state index contributed by atoms with van der Waals surface area (Å²) in [7, 11) is 0. The van der Waals surface area contributed by atoms with Crippen molar-refractivity contribution in [3.05, 3.63) is 23.0 Å². The normalized spacial score (nSPS) is 14.5. The SMILES string of the molecule is Cc1cc(N(CCO)C2CC2)c(C#N)c(C)n1. The van der Waals surface area contributed by atoms with Crippen LogP contribution in [-0.2, 0) is 0 Å². The number of aliphatic hydroxyl groups is 1. The zero-order chi connectivity index (χ0) is 12.4. The molecule has 1 aromatic rings. The van der Waals surface area contributed by atoms with E-state index in [1.165, 1.54) is 0 Å². The molecule has 4 nitrogen and oxygen atoms in total. The van der Waals surface area contributed by atoms with E-state index in [-0.39, 0.29) is 6.61 Å². The number of aryl methyl sites for hydroxylation is 2. The second-order valence-electron chi connectivity index (χ2n) is 4.50. The standard InChI is InChI=1S/C13H17N3O/c1-9-7-13(12(8-14)10(2)15-9)16(5-6-17)11-3-4-11/h7,11,17H,3-6H2,1-2H3. The molecule has 2 rings (SSSR count). The predicted octanol–water partition coefficient (Wildman–Crippen LogP) is 1.53. The van der Waals surface area contributed by atoms with Crippen LogP contribution in [0.2, 0.25) is 0 Å². The maximum atomic E-state index is 9.23. The third-order valence-electron chi connectivity index (χ3n) is 3.06. The molecular formula is C13H17N3O. The molecule has 1 aliphatic rings. The number of hydrogen-bond acceptors (Lipinski definition) is 4. The van der Waals surface area contributed by atoms with Gasteiger partial charge in [0.1, 0.15) is 6.07 Å². The average molecular weight is 231 g/mol. The monoisotopic (exact) mass is 231 g/mol. The van der Waals surface area contributed by atoms with Crippen molar-refractivity contribution in [2.75, 3.05) is 18.1 Å². The maximum Gasteiger partial charge on any atom is 0.103 e. The number of anilines is 1. The molecule has 1 aliphatic carbocycles. The third-order valence-corrected chi connectivity index (χ3v) is 3.06. The smallest absolute Gasteiger partial charge is 0.103 e. The molecule has 0 spiro atoms. The van der Waals surface area contributed by atoms with E-state index in [2.05, 4.69) is 16.0 Å². The molecule has 0 aromatic carbocycles. The molecule has 0 unspecified atom stereocenters. The van der Waals surface area contributed by atoms with Gasteiger partial charge in [0.15, 0.2) is 0 Å². The first-order valence-electron chi connectivity index (χ1n) is 5.93. The number of rotatable bonds is 4. The van der Waals surface area contributed by atoms with Crippen LogP contribution in [0.25, 0.3) is 0 Å². The van der Waals surface area contributed by atoms with Crippen molar-refractivity contribution in [3.8, 4) is 6.07 Å². The Bertz CT molecular complexity index is 460. The molecule has 1 aromatic heterocycles. The van der Waals surface area contributed by atoms with Crippen molar-refractivity contribution in [2.24, 2.45) is 0 Å². The Morgan fingerprint density at radius 2 is 2.24 bits per heavy atom. The minimum Gasteiger partial charge on any atom is -0.395 e. The van der Waals surface area contributed by atoms with Gasteiger partial charge in [-0.1, -0.05) is 0 Å². The summed E-state index contributed by atoms with van der Waals surface area (Å²) in [6.07, 6.45) is 2.29. The molecule has 1 saturated carbocycles. The van der Waals surface area contributed by atoms with Gasteiger partial charge in [0.05, 0.1) is 23.6 Å². The van der Waals surface area contributed by atoms with Crippen molar-refractivity contribution in [1.82, 2.24) is 4.98 Å². The number of nitrogens with zero attached hydrogens (tertiary/aromatic N) is 3. The third kappa shape index (κ3) is 2.40. The average Bonchev–Trinajstić information content (AvgIpc) is 3.08. The van der Waals surface area contributed by atoms with Crippen molar-refractivity contribution >= 4 is 5.69 Å². The Balaban J connectivity index is 2.44. The molecule has 1 fully saturated rings. The van der Waals surface area contributed by atoms with Crippen LogP contribution in [0, 0.1) is 25.2 Å². The number of pyridine rings is 1. The van der Waals surface area contributed by atoms with Gasteiger partial charge in [0.25, 0.3) is 0 Å². The summed E-state index contributed by atoms with van der Waals surface area (Å²) in [6, 6.07) is 4.65. The Hall–Kier alpha value is -1.60. The number of hydrogen-bond donors (Lipinski definition) is 1. The highest BCUT2D eigenvalue weighted by Crippen LogP contribution is 2.34. The second kappa shape index (κ2) is 4.72. The largest absolute Gasteiger partial charge is 0.395 e. The fourth-order valence-corrected chi connectivity index (χ4v) is 2.17. The van der Waals surface area contributed by atoms with Crippen LogP contribution in [0.15, 0.2) is 6.07 Å². The molecule has 90 valence electrons. The topological polar surface area (TPSA) is 60.1 Å². The summed E-state index contributed by atoms with van der Waals surface area (Å²) in [5.41, 5.74) is 3.25. The summed E-state index contributed by atoms with van der Waals surface area (Å²) >= 11 is 0. The summed E-state index contributed by atoms with van der Waals surface area (Å²) in [5.74, 6) is 0. The van der Waals surface area contributed by atoms with Gasteiger partial charge in [0, 0.05) is 18.3 Å². The van der Waals surface area contributed by atoms with Gasteiger partial charge < -0.3 is 10.0 Å². The van der Waals surface area contributed by atoms with Gasteiger partial charge in [-0.15, -0.1) is 0 Å². The molecule has 0 aliphatic heterocycles. The lowest BCUT2D eigenvalue weighted by Crippen LogP contribution is -2.30. The second-order valence-corrected chi connectivity index (χ2v) is 4.50. The molecule has 0 atom stereocenters. The molecule has 1 N–H and O–H groups in total. The highest BCUT2D eigenvalue weighted by molar-refractivity contribution is 5.62. The quantitative estimate of drug-likeness (QED) is 0.853. The Kier molecular flexibility index (Phi) is 3.30. The lowest BCUT2D eigenvalue weighted by molar-refractivity contribution is 0.301. The zero-order valence-electron chi connectivity index (χ0n) is 10.3. The summed E-state index contributed by atoms with van der Waals surface area (Å²) < 4.78 is 0. The van der Waals surface area contributed by atoms with E-state index in [1.54, 1.807) is 0 Å². The van der Waals surface area contributed by atoms with E-state index in [1.807, 2.05) is 19.9 Å². The van der Waals surface area contributed by atoms with Gasteiger partial charge >= 0.3 is 0 Å². The lowest BCUT2D eigenvalue weighted by Gasteiger charge is -2.25. The van der Waals surface area contributed by atoms with E-state index in [4.69, 9.17) is 5.11 Å². The fourth-order valence-electron chi connectivity index (χ4n) is 2.17. The van der Waals surface area contributed by atoms with Crippen molar-refractivity contribution in [3.63, 3.8) is 0 Å². The first-order chi connectivity index (χ1) is 8.17. The van der Waals surface area contributed by atoms with Gasteiger partial charge in [-0.05, 0) is 32.8 Å². The van der Waals surface area contributed by atoms with Crippen molar-refractivity contribution in [1.29, 1.82) is 5.26 Å². The minimum atomic E-state index is 0.113. The molecule has 0 bridgehead atoms. The van der Waals surface area contributed by atoms with Crippen LogP contribution >= 0.6 is 0 Å². The van der Waals surface area contributed by atoms with Crippen molar-refractivity contribution in [2.45, 2.75) is 32.7 Å². The molecule has 0 amide bonds. The van der Waals surface area contributed by atoms with Crippen LogP contribution in [0.1, 0.15) is 29.8 Å². The molecule has 1 heterocycles. The van der Waals surface area contributed by atoms with E-state index < -0.39 is 0 Å². The lowest BCUT2D eigenvalue weighted by atomic mass is 10.1. The van der Waals surface area contributed by atoms with E-state index in [0.29, 0.717) is 18.2 Å². The van der Waals surface area contributed by atoms with Gasteiger partial charge in [-0.3, -0.25) is 4.98 Å². The Morgan fingerprint density at radius 3 is 2.76 bits per heavy atom. The number of nitriles is 1. The van der Waals surface area contributed by atoms with Crippen LogP contribution < -0.4 is 4.90 Å². The van der Waals surface area contributed by atoms with Crippen LogP contribution in [0.5, 0.6) is 0 Å². The summed E-state index contributed by atoms with van der Waals surface area (Å²) in [4.78, 5) is 6.45. The first kappa shape index (κ1) is 11.9. The number of aliphatic hydroxyl groups excluding tert-OH is 1. The van der Waals surface area contributed by atoms with Crippen LogP contribution in [0.4, 0.5) is 5.69 Å². The highest BCUT2D eigenvalue weighted by Gasteiger charge is 2.30. The number of aromatic nitrogens is 1. The van der Waals surface area contributed by atoms with E-state index in [0.717, 1.165) is 29.9 Å². The van der Waals surface area contributed by atoms with Gasteiger partial charge in [-0.2, -0.15) is 5.26 Å². The predicted molar refractivity (Wildman–Crippen MR) is 65.9 cm³/mol. The zero-order valence-corrected chi connectivity index (χ0v) is 10.3. The van der Waals surface area contributed by atoms with Gasteiger partial charge in [0.2, 0.25) is 0 Å². The van der Waals surface area contributed by atoms with E-state index >= 15 is 0 Å². The Morgan fingerprint density at radius 1 is 1.53 bits per heavy atom. The van der Waals surface area contributed by atoms with Crippen LogP contribution in [0.3, 0.4) is 0 Å². The molecule has 0 radical (unpaired) electrons. The highest BCUT2D eigenvalue weighted by atomic mass is 16.3. The molecular weight excluding hydrogens is 214 g/mol. The summed E-state index contributed by atoms with van der Waals surface area (Å²) in [6.45, 7) is 4.49. The van der Waals surface area contributed by atoms with E-state index in [9.17, 15) is 5.26 Å². The summed E-state index contributed by atoms with van der Waals surface area (Å²) in [5, 5.41) is 18.4. The fraction of sp³-hybridized carbons (Fsp3) is 0.538. The van der Waals surface area contributed by atoms with Gasteiger partial charge in [-0.25, -0.2) is 0 Å².